The smallest absolute Gasteiger partial charge is 0.350 e. The first-order valence-corrected chi connectivity index (χ1v) is 8.69. The highest BCUT2D eigenvalue weighted by Gasteiger charge is 2.09. The van der Waals surface area contributed by atoms with Crippen LogP contribution in [-0.4, -0.2) is 32.4 Å². The lowest BCUT2D eigenvalue weighted by Gasteiger charge is -2.05. The average molecular weight is 363 g/mol. The van der Waals surface area contributed by atoms with Crippen molar-refractivity contribution in [2.24, 2.45) is 0 Å². The van der Waals surface area contributed by atoms with Gasteiger partial charge < -0.3 is 5.32 Å². The SMILES string of the molecule is O=C(Cn1nc2ccccn2c1=O)NCCSc1ccc(Cl)cc1. The number of nitrogens with zero attached hydrogens (tertiary/aromatic N) is 3. The van der Waals surface area contributed by atoms with Gasteiger partial charge in [0, 0.05) is 28.4 Å². The maximum absolute atomic E-state index is 12.1. The van der Waals surface area contributed by atoms with Crippen LogP contribution in [0.4, 0.5) is 0 Å². The Bertz CT molecular complexity index is 904. The number of amides is 1. The monoisotopic (exact) mass is 362 g/mol. The molecule has 0 saturated carbocycles. The lowest BCUT2D eigenvalue weighted by atomic mass is 10.4. The molecule has 0 aliphatic heterocycles. The zero-order chi connectivity index (χ0) is 16.9. The third-order valence-corrected chi connectivity index (χ3v) is 4.55. The van der Waals surface area contributed by atoms with Gasteiger partial charge >= 0.3 is 5.69 Å². The Morgan fingerprint density at radius 2 is 2.00 bits per heavy atom. The predicted molar refractivity (Wildman–Crippen MR) is 94.6 cm³/mol. The van der Waals surface area contributed by atoms with Crippen molar-refractivity contribution in [3.05, 3.63) is 64.2 Å². The van der Waals surface area contributed by atoms with Gasteiger partial charge in [-0.05, 0) is 36.4 Å². The van der Waals surface area contributed by atoms with Gasteiger partial charge in [0.25, 0.3) is 0 Å². The van der Waals surface area contributed by atoms with E-state index < -0.39 is 0 Å². The molecule has 0 saturated heterocycles. The normalized spacial score (nSPS) is 10.9. The molecule has 0 radical (unpaired) electrons. The van der Waals surface area contributed by atoms with E-state index in [-0.39, 0.29) is 18.1 Å². The summed E-state index contributed by atoms with van der Waals surface area (Å²) in [4.78, 5) is 25.1. The van der Waals surface area contributed by atoms with Crippen LogP contribution in [0.2, 0.25) is 5.02 Å². The number of carbonyl (C=O) groups excluding carboxylic acids is 1. The summed E-state index contributed by atoms with van der Waals surface area (Å²) >= 11 is 7.45. The molecule has 3 rings (SSSR count). The highest BCUT2D eigenvalue weighted by atomic mass is 35.5. The molecule has 1 aromatic carbocycles. The molecular weight excluding hydrogens is 348 g/mol. The molecular formula is C16H15ClN4O2S. The number of hydrogen-bond acceptors (Lipinski definition) is 4. The molecule has 6 nitrogen and oxygen atoms in total. The third-order valence-electron chi connectivity index (χ3n) is 3.29. The van der Waals surface area contributed by atoms with Gasteiger partial charge in [-0.25, -0.2) is 9.48 Å². The number of hydrogen-bond donors (Lipinski definition) is 1. The molecule has 2 heterocycles. The van der Waals surface area contributed by atoms with Crippen molar-refractivity contribution in [2.45, 2.75) is 11.4 Å². The Labute approximate surface area is 147 Å². The van der Waals surface area contributed by atoms with Gasteiger partial charge in [0.15, 0.2) is 5.65 Å². The summed E-state index contributed by atoms with van der Waals surface area (Å²) in [6.45, 7) is 0.417. The molecule has 124 valence electrons. The number of thioether (sulfide) groups is 1. The Morgan fingerprint density at radius 1 is 1.21 bits per heavy atom. The van der Waals surface area contributed by atoms with Crippen LogP contribution in [0.15, 0.2) is 58.4 Å². The lowest BCUT2D eigenvalue weighted by molar-refractivity contribution is -0.121. The van der Waals surface area contributed by atoms with Crippen LogP contribution < -0.4 is 11.0 Å². The number of rotatable bonds is 6. The van der Waals surface area contributed by atoms with Crippen LogP contribution in [0, 0.1) is 0 Å². The summed E-state index contributed by atoms with van der Waals surface area (Å²) in [7, 11) is 0. The van der Waals surface area contributed by atoms with Gasteiger partial charge in [-0.3, -0.25) is 9.20 Å². The molecule has 2 aromatic heterocycles. The van der Waals surface area contributed by atoms with E-state index in [1.165, 1.54) is 4.40 Å². The van der Waals surface area contributed by atoms with Crippen molar-refractivity contribution in [3.8, 4) is 0 Å². The first kappa shape index (κ1) is 16.6. The van der Waals surface area contributed by atoms with E-state index in [1.54, 1.807) is 36.2 Å². The van der Waals surface area contributed by atoms with Crippen molar-refractivity contribution in [3.63, 3.8) is 0 Å². The third kappa shape index (κ3) is 3.98. The van der Waals surface area contributed by atoms with Gasteiger partial charge in [-0.1, -0.05) is 17.7 Å². The topological polar surface area (TPSA) is 68.4 Å². The molecule has 0 unspecified atom stereocenters. The predicted octanol–water partition coefficient (Wildman–Crippen LogP) is 2.06. The van der Waals surface area contributed by atoms with E-state index in [4.69, 9.17) is 11.6 Å². The summed E-state index contributed by atoms with van der Waals surface area (Å²) < 4.78 is 2.57. The van der Waals surface area contributed by atoms with Crippen molar-refractivity contribution in [1.29, 1.82) is 0 Å². The zero-order valence-electron chi connectivity index (χ0n) is 12.7. The zero-order valence-corrected chi connectivity index (χ0v) is 14.3. The van der Waals surface area contributed by atoms with Gasteiger partial charge in [-0.15, -0.1) is 16.9 Å². The maximum Gasteiger partial charge on any atom is 0.350 e. The maximum atomic E-state index is 12.1. The van der Waals surface area contributed by atoms with Crippen LogP contribution in [0.25, 0.3) is 5.65 Å². The molecule has 0 spiro atoms. The van der Waals surface area contributed by atoms with Crippen LogP contribution in [0.1, 0.15) is 0 Å². The Hall–Kier alpha value is -2.25. The fourth-order valence-electron chi connectivity index (χ4n) is 2.15. The standard InChI is InChI=1S/C16H15ClN4O2S/c17-12-4-6-13(7-5-12)24-10-8-18-15(22)11-21-16(23)20-9-2-1-3-14(20)19-21/h1-7,9H,8,10-11H2,(H,18,22). The Balaban J connectivity index is 1.49. The van der Waals surface area contributed by atoms with Gasteiger partial charge in [0.05, 0.1) is 0 Å². The molecule has 24 heavy (non-hydrogen) atoms. The first-order chi connectivity index (χ1) is 11.6. The van der Waals surface area contributed by atoms with Gasteiger partial charge in [0.2, 0.25) is 5.91 Å². The summed E-state index contributed by atoms with van der Waals surface area (Å²) in [6.07, 6.45) is 1.63. The molecule has 1 amide bonds. The minimum absolute atomic E-state index is 0.0911. The molecule has 0 aliphatic carbocycles. The molecule has 8 heteroatoms. The lowest BCUT2D eigenvalue weighted by Crippen LogP contribution is -2.33. The van der Waals surface area contributed by atoms with E-state index >= 15 is 0 Å². The van der Waals surface area contributed by atoms with Crippen molar-refractivity contribution in [2.75, 3.05) is 12.3 Å². The quantitative estimate of drug-likeness (QED) is 0.538. The minimum atomic E-state index is -0.323. The number of halogens is 1. The number of carbonyl (C=O) groups is 1. The number of fused-ring (bicyclic) bond motifs is 1. The number of nitrogens with one attached hydrogen (secondary N) is 1. The summed E-state index contributed by atoms with van der Waals surface area (Å²) in [5, 5.41) is 7.61. The fourth-order valence-corrected chi connectivity index (χ4v) is 3.05. The highest BCUT2D eigenvalue weighted by Crippen LogP contribution is 2.19. The molecule has 1 N–H and O–H groups in total. The van der Waals surface area contributed by atoms with E-state index in [2.05, 4.69) is 10.4 Å². The van der Waals surface area contributed by atoms with Gasteiger partial charge in [-0.2, -0.15) is 0 Å². The molecule has 0 atom stereocenters. The van der Waals surface area contributed by atoms with E-state index in [0.29, 0.717) is 17.2 Å². The summed E-state index contributed by atoms with van der Waals surface area (Å²) in [5.74, 6) is 0.491. The second kappa shape index (κ2) is 7.55. The number of pyridine rings is 1. The average Bonchev–Trinajstić information content (AvgIpc) is 2.90. The van der Waals surface area contributed by atoms with E-state index in [9.17, 15) is 9.59 Å². The first-order valence-electron chi connectivity index (χ1n) is 7.33. The van der Waals surface area contributed by atoms with Crippen LogP contribution in [0.5, 0.6) is 0 Å². The largest absolute Gasteiger partial charge is 0.354 e. The molecule has 0 aliphatic rings. The molecule has 3 aromatic rings. The Morgan fingerprint density at radius 3 is 2.75 bits per heavy atom. The van der Waals surface area contributed by atoms with E-state index in [0.717, 1.165) is 15.3 Å². The van der Waals surface area contributed by atoms with Crippen molar-refractivity contribution < 1.29 is 4.79 Å². The van der Waals surface area contributed by atoms with Crippen LogP contribution in [0.3, 0.4) is 0 Å². The second-order valence-corrected chi connectivity index (χ2v) is 6.63. The highest BCUT2D eigenvalue weighted by molar-refractivity contribution is 7.99. The van der Waals surface area contributed by atoms with Gasteiger partial charge in [0.1, 0.15) is 6.54 Å². The summed E-state index contributed by atoms with van der Waals surface area (Å²) in [5.41, 5.74) is 0.199. The fraction of sp³-hybridized carbons (Fsp3) is 0.188. The minimum Gasteiger partial charge on any atom is -0.354 e. The number of benzene rings is 1. The summed E-state index contributed by atoms with van der Waals surface area (Å²) in [6, 6.07) is 12.8. The van der Waals surface area contributed by atoms with Crippen LogP contribution in [-0.2, 0) is 11.3 Å². The van der Waals surface area contributed by atoms with Crippen molar-refractivity contribution in [1.82, 2.24) is 19.5 Å². The van der Waals surface area contributed by atoms with E-state index in [1.807, 2.05) is 24.3 Å². The number of aromatic nitrogens is 3. The Kier molecular flexibility index (Phi) is 5.22. The van der Waals surface area contributed by atoms with Crippen molar-refractivity contribution >= 4 is 34.9 Å². The molecule has 0 bridgehead atoms. The second-order valence-electron chi connectivity index (χ2n) is 5.02. The van der Waals surface area contributed by atoms with Crippen LogP contribution >= 0.6 is 23.4 Å². The molecule has 0 fully saturated rings.